The third kappa shape index (κ3) is 4.42. The number of benzene rings is 2. The van der Waals surface area contributed by atoms with Gasteiger partial charge in [0.15, 0.2) is 5.78 Å². The maximum absolute atomic E-state index is 14.3. The molecule has 4 atom stereocenters. The van der Waals surface area contributed by atoms with Gasteiger partial charge in [-0.05, 0) is 72.1 Å². The van der Waals surface area contributed by atoms with Gasteiger partial charge in [0.05, 0.1) is 16.8 Å². The second-order valence-electron chi connectivity index (χ2n) is 9.43. The zero-order chi connectivity index (χ0) is 27.0. The lowest BCUT2D eigenvalue weighted by Gasteiger charge is -2.37. The normalized spacial score (nSPS) is 22.8. The van der Waals surface area contributed by atoms with Gasteiger partial charge in [0.2, 0.25) is 0 Å². The number of hydrogen-bond acceptors (Lipinski definition) is 5. The number of thiophene rings is 2. The molecule has 0 spiro atoms. The van der Waals surface area contributed by atoms with Crippen molar-refractivity contribution in [3.63, 3.8) is 0 Å². The first-order valence-corrected chi connectivity index (χ1v) is 14.1. The molecule has 0 aliphatic carbocycles. The molecule has 2 aromatic heterocycles. The van der Waals surface area contributed by atoms with Crippen LogP contribution in [0.2, 0.25) is 5.02 Å². The van der Waals surface area contributed by atoms with Crippen LogP contribution in [0, 0.1) is 12.8 Å². The molecule has 0 saturated carbocycles. The average molecular weight is 565 g/mol. The summed E-state index contributed by atoms with van der Waals surface area (Å²) < 4.78 is 0. The lowest BCUT2D eigenvalue weighted by Crippen LogP contribution is -2.55. The smallest absolute Gasteiger partial charge is 0.330 e. The van der Waals surface area contributed by atoms with Gasteiger partial charge in [0.1, 0.15) is 5.54 Å². The van der Waals surface area contributed by atoms with E-state index in [2.05, 4.69) is 5.32 Å². The Balaban J connectivity index is 1.76. The number of carbonyl (C=O) groups is 3. The Bertz CT molecular complexity index is 1470. The van der Waals surface area contributed by atoms with Gasteiger partial charge in [-0.25, -0.2) is 9.59 Å². The molecule has 2 aromatic carbocycles. The summed E-state index contributed by atoms with van der Waals surface area (Å²) in [6.07, 6.45) is 0. The van der Waals surface area contributed by atoms with Crippen LogP contribution in [0.5, 0.6) is 0 Å². The molecular weight excluding hydrogens is 540 g/mol. The number of halogens is 1. The summed E-state index contributed by atoms with van der Waals surface area (Å²) in [6, 6.07) is 19.8. The molecule has 194 valence electrons. The number of aliphatic carboxylic acids is 1. The number of nitrogens with zero attached hydrogens (tertiary/aromatic N) is 1. The molecule has 0 radical (unpaired) electrons. The van der Waals surface area contributed by atoms with Crippen LogP contribution >= 0.6 is 34.3 Å². The number of rotatable bonds is 6. The predicted molar refractivity (Wildman–Crippen MR) is 151 cm³/mol. The van der Waals surface area contributed by atoms with E-state index >= 15 is 0 Å². The van der Waals surface area contributed by atoms with Crippen LogP contribution in [0.4, 0.5) is 10.5 Å². The van der Waals surface area contributed by atoms with Crippen LogP contribution in [0.25, 0.3) is 0 Å². The molecule has 0 bridgehead atoms. The number of carboxylic acids is 1. The summed E-state index contributed by atoms with van der Waals surface area (Å²) >= 11 is 8.91. The number of Topliss-reactive ketones (excluding diaryl/α,β-unsaturated/α-hetero) is 1. The molecule has 2 N–H and O–H groups in total. The number of carbonyl (C=O) groups excluding carboxylic acids is 2. The number of amides is 2. The van der Waals surface area contributed by atoms with Crippen molar-refractivity contribution in [1.82, 2.24) is 4.90 Å². The molecule has 6 nitrogen and oxygen atoms in total. The number of nitrogens with one attached hydrogen (secondary N) is 1. The van der Waals surface area contributed by atoms with E-state index in [4.69, 9.17) is 11.6 Å². The molecule has 3 heterocycles. The summed E-state index contributed by atoms with van der Waals surface area (Å²) in [5.74, 6) is -3.09. The molecule has 38 heavy (non-hydrogen) atoms. The van der Waals surface area contributed by atoms with Gasteiger partial charge in [0, 0.05) is 21.5 Å². The molecule has 2 amide bonds. The third-order valence-corrected chi connectivity index (χ3v) is 9.45. The Morgan fingerprint density at radius 2 is 1.66 bits per heavy atom. The van der Waals surface area contributed by atoms with Crippen LogP contribution < -0.4 is 5.32 Å². The van der Waals surface area contributed by atoms with Crippen LogP contribution in [0.15, 0.2) is 83.6 Å². The summed E-state index contributed by atoms with van der Waals surface area (Å²) in [6.45, 7) is 3.45. The average Bonchev–Trinajstić information content (AvgIpc) is 3.63. The van der Waals surface area contributed by atoms with Gasteiger partial charge in [-0.1, -0.05) is 48.0 Å². The highest BCUT2D eigenvalue weighted by Gasteiger charge is 2.65. The van der Waals surface area contributed by atoms with Gasteiger partial charge in [-0.2, -0.15) is 0 Å². The van der Waals surface area contributed by atoms with Gasteiger partial charge in [0.25, 0.3) is 0 Å². The SMILES string of the molecule is Cc1ccsc1C1C(C(=O)c2cccs2)C(c2ccc(Cl)cc2)C(C)(C(=O)O)N1C(=O)Nc1ccccc1. The molecule has 1 fully saturated rings. The van der Waals surface area contributed by atoms with E-state index in [1.807, 2.05) is 29.8 Å². The third-order valence-electron chi connectivity index (χ3n) is 7.23. The highest BCUT2D eigenvalue weighted by molar-refractivity contribution is 7.12. The van der Waals surface area contributed by atoms with E-state index in [9.17, 15) is 19.5 Å². The van der Waals surface area contributed by atoms with Gasteiger partial charge in [-0.15, -0.1) is 22.7 Å². The first-order valence-electron chi connectivity index (χ1n) is 12.0. The molecule has 1 saturated heterocycles. The zero-order valence-corrected chi connectivity index (χ0v) is 23.0. The maximum Gasteiger partial charge on any atom is 0.330 e. The van der Waals surface area contributed by atoms with Crippen molar-refractivity contribution in [3.8, 4) is 0 Å². The number of hydrogen-bond donors (Lipinski definition) is 2. The molecule has 4 unspecified atom stereocenters. The molecular formula is C29H25ClN2O4S2. The lowest BCUT2D eigenvalue weighted by atomic mass is 9.73. The lowest BCUT2D eigenvalue weighted by molar-refractivity contribution is -0.148. The second-order valence-corrected chi connectivity index (χ2v) is 11.8. The van der Waals surface area contributed by atoms with Crippen molar-refractivity contribution in [3.05, 3.63) is 109 Å². The first-order chi connectivity index (χ1) is 18.2. The number of likely N-dealkylation sites (tertiary alicyclic amines) is 1. The van der Waals surface area contributed by atoms with Crippen molar-refractivity contribution in [1.29, 1.82) is 0 Å². The summed E-state index contributed by atoms with van der Waals surface area (Å²) in [4.78, 5) is 44.2. The molecule has 1 aliphatic heterocycles. The van der Waals surface area contributed by atoms with Crippen molar-refractivity contribution < 1.29 is 19.5 Å². The minimum absolute atomic E-state index is 0.194. The van der Waals surface area contributed by atoms with Gasteiger partial charge >= 0.3 is 12.0 Å². The fraction of sp³-hybridized carbons (Fsp3) is 0.207. The number of para-hydroxylation sites is 1. The Labute approximate surface area is 233 Å². The quantitative estimate of drug-likeness (QED) is 0.238. The number of urea groups is 1. The number of aryl methyl sites for hydroxylation is 1. The molecule has 9 heteroatoms. The maximum atomic E-state index is 14.3. The Kier molecular flexibility index (Phi) is 7.13. The fourth-order valence-corrected chi connectivity index (χ4v) is 7.36. The minimum Gasteiger partial charge on any atom is -0.479 e. The Morgan fingerprint density at radius 3 is 2.24 bits per heavy atom. The molecule has 1 aliphatic rings. The number of carboxylic acid groups (broad SMARTS) is 1. The summed E-state index contributed by atoms with van der Waals surface area (Å²) in [5.41, 5.74) is 0.295. The monoisotopic (exact) mass is 564 g/mol. The van der Waals surface area contributed by atoms with E-state index in [1.54, 1.807) is 60.7 Å². The van der Waals surface area contributed by atoms with E-state index in [0.717, 1.165) is 10.4 Å². The number of anilines is 1. The summed E-state index contributed by atoms with van der Waals surface area (Å²) in [7, 11) is 0. The first kappa shape index (κ1) is 26.2. The van der Waals surface area contributed by atoms with Crippen LogP contribution in [-0.2, 0) is 4.79 Å². The van der Waals surface area contributed by atoms with E-state index in [-0.39, 0.29) is 5.78 Å². The zero-order valence-electron chi connectivity index (χ0n) is 20.6. The minimum atomic E-state index is -1.76. The number of ketones is 1. The topological polar surface area (TPSA) is 86.7 Å². The van der Waals surface area contributed by atoms with Crippen molar-refractivity contribution in [2.45, 2.75) is 31.3 Å². The summed E-state index contributed by atoms with van der Waals surface area (Å²) in [5, 5.41) is 17.9. The fourth-order valence-electron chi connectivity index (χ4n) is 5.46. The molecule has 4 aromatic rings. The van der Waals surface area contributed by atoms with E-state index in [0.29, 0.717) is 21.2 Å². The van der Waals surface area contributed by atoms with E-state index < -0.39 is 35.4 Å². The van der Waals surface area contributed by atoms with Crippen LogP contribution in [-0.4, -0.2) is 33.3 Å². The highest BCUT2D eigenvalue weighted by atomic mass is 35.5. The van der Waals surface area contributed by atoms with Crippen LogP contribution in [0.1, 0.15) is 44.6 Å². The van der Waals surface area contributed by atoms with Crippen LogP contribution in [0.3, 0.4) is 0 Å². The van der Waals surface area contributed by atoms with Crippen molar-refractivity contribution >= 4 is 57.7 Å². The van der Waals surface area contributed by atoms with Gasteiger partial charge in [-0.3, -0.25) is 9.69 Å². The van der Waals surface area contributed by atoms with Crippen molar-refractivity contribution in [2.75, 3.05) is 5.32 Å². The standard InChI is InChI=1S/C29H25ClN2O4S2/c1-17-14-16-38-26(17)24-22(25(33)21-9-6-15-37-21)23(18-10-12-19(30)13-11-18)29(2,27(34)35)32(24)28(36)31-20-7-4-3-5-8-20/h3-16,22-24H,1-2H3,(H,31,36)(H,34,35). The predicted octanol–water partition coefficient (Wildman–Crippen LogP) is 7.49. The highest BCUT2D eigenvalue weighted by Crippen LogP contribution is 2.58. The van der Waals surface area contributed by atoms with E-state index in [1.165, 1.54) is 34.5 Å². The van der Waals surface area contributed by atoms with Crippen molar-refractivity contribution in [2.24, 2.45) is 5.92 Å². The largest absolute Gasteiger partial charge is 0.479 e. The van der Waals surface area contributed by atoms with Gasteiger partial charge < -0.3 is 10.4 Å². The second kappa shape index (κ2) is 10.4. The molecule has 5 rings (SSSR count). The Hall–Kier alpha value is -3.46. The Morgan fingerprint density at radius 1 is 0.947 bits per heavy atom.